The zero-order chi connectivity index (χ0) is 25.5. The third-order valence-electron chi connectivity index (χ3n) is 5.55. The van der Waals surface area contributed by atoms with Crippen LogP contribution < -0.4 is 16.5 Å². The number of H-pyrrole nitrogens is 1. The number of hydrogen-bond acceptors (Lipinski definition) is 8. The molecular formula is C24H36N4O6. The highest BCUT2D eigenvalue weighted by Crippen LogP contribution is 2.24. The van der Waals surface area contributed by atoms with Crippen LogP contribution in [0.1, 0.15) is 53.5 Å². The molecule has 3 atom stereocenters. The molecule has 0 bridgehead atoms. The summed E-state index contributed by atoms with van der Waals surface area (Å²) in [4.78, 5) is 49.3. The van der Waals surface area contributed by atoms with Gasteiger partial charge in [-0.05, 0) is 42.4 Å². The number of carbonyl (C=O) groups excluding carboxylic acids is 2. The van der Waals surface area contributed by atoms with Crippen molar-refractivity contribution in [3.05, 3.63) is 40.4 Å². The Morgan fingerprint density at radius 1 is 1.24 bits per heavy atom. The van der Waals surface area contributed by atoms with Gasteiger partial charge in [-0.3, -0.25) is 24.4 Å². The van der Waals surface area contributed by atoms with E-state index < -0.39 is 23.5 Å². The first-order valence-corrected chi connectivity index (χ1v) is 11.3. The van der Waals surface area contributed by atoms with Gasteiger partial charge in [-0.15, -0.1) is 0 Å². The van der Waals surface area contributed by atoms with Gasteiger partial charge in [-0.25, -0.2) is 4.98 Å². The Morgan fingerprint density at radius 3 is 2.53 bits per heavy atom. The molecule has 0 fully saturated rings. The lowest BCUT2D eigenvalue weighted by Gasteiger charge is -2.33. The average Bonchev–Trinajstić information content (AvgIpc) is 2.75. The van der Waals surface area contributed by atoms with E-state index in [1.165, 1.54) is 13.3 Å². The van der Waals surface area contributed by atoms with E-state index in [2.05, 4.69) is 15.3 Å². The molecule has 4 N–H and O–H groups in total. The van der Waals surface area contributed by atoms with Crippen LogP contribution in [0.15, 0.2) is 29.3 Å². The highest BCUT2D eigenvalue weighted by molar-refractivity contribution is 5.89. The van der Waals surface area contributed by atoms with Crippen LogP contribution in [-0.4, -0.2) is 45.6 Å². The molecule has 0 aliphatic heterocycles. The van der Waals surface area contributed by atoms with Gasteiger partial charge in [-0.2, -0.15) is 0 Å². The fraction of sp³-hybridized carbons (Fsp3) is 0.583. The minimum Gasteiger partial charge on any atom is -0.370 e. The topological polar surface area (TPSA) is 143 Å². The largest absolute Gasteiger partial charge is 0.370 e. The summed E-state index contributed by atoms with van der Waals surface area (Å²) in [5.74, 6) is -0.956. The number of benzene rings is 1. The summed E-state index contributed by atoms with van der Waals surface area (Å²) in [6.07, 6.45) is 1.08. The third-order valence-corrected chi connectivity index (χ3v) is 5.55. The maximum Gasteiger partial charge on any atom is 0.258 e. The first-order valence-electron chi connectivity index (χ1n) is 11.3. The molecule has 0 radical (unpaired) electrons. The van der Waals surface area contributed by atoms with E-state index in [-0.39, 0.29) is 36.4 Å². The molecular weight excluding hydrogens is 440 g/mol. The molecule has 1 amide bonds. The number of fused-ring (bicyclic) bond motifs is 1. The van der Waals surface area contributed by atoms with Crippen molar-refractivity contribution in [3.8, 4) is 0 Å². The SMILES string of the molecule is CC(=O)[C@@H](NC(=O)[C@H](CC(C)C)C(CONO)OCc1ccc2nc[nH]c(=O)c2c1)C(C)(C)C. The first-order chi connectivity index (χ1) is 15.9. The number of aromatic nitrogens is 2. The number of hydrogen-bond donors (Lipinski definition) is 4. The minimum atomic E-state index is -0.738. The van der Waals surface area contributed by atoms with Crippen LogP contribution in [0.25, 0.3) is 10.9 Å². The van der Waals surface area contributed by atoms with Crippen LogP contribution in [0.2, 0.25) is 0 Å². The Kier molecular flexibility index (Phi) is 9.87. The minimum absolute atomic E-state index is 0.0982. The molecule has 1 heterocycles. The normalized spacial score (nSPS) is 14.7. The maximum atomic E-state index is 13.3. The van der Waals surface area contributed by atoms with Crippen molar-refractivity contribution in [1.82, 2.24) is 20.9 Å². The van der Waals surface area contributed by atoms with Gasteiger partial charge >= 0.3 is 0 Å². The molecule has 0 aliphatic rings. The monoisotopic (exact) mass is 476 g/mol. The second-order valence-electron chi connectivity index (χ2n) is 9.99. The van der Waals surface area contributed by atoms with Gasteiger partial charge in [0.25, 0.3) is 5.56 Å². The summed E-state index contributed by atoms with van der Waals surface area (Å²) in [6.45, 7) is 11.1. The number of amides is 1. The van der Waals surface area contributed by atoms with E-state index in [1.54, 1.807) is 23.8 Å². The zero-order valence-electron chi connectivity index (χ0n) is 20.7. The number of nitrogens with one attached hydrogen (secondary N) is 3. The number of Topliss-reactive ketones (excluding diaryl/α,β-unsaturated/α-hetero) is 1. The predicted molar refractivity (Wildman–Crippen MR) is 127 cm³/mol. The molecule has 0 saturated carbocycles. The summed E-state index contributed by atoms with van der Waals surface area (Å²) in [6, 6.07) is 4.54. The third kappa shape index (κ3) is 7.69. The number of ketones is 1. The fourth-order valence-corrected chi connectivity index (χ4v) is 3.92. The number of rotatable bonds is 12. The lowest BCUT2D eigenvalue weighted by molar-refractivity contribution is -0.170. The van der Waals surface area contributed by atoms with Gasteiger partial charge in [0.05, 0.1) is 48.5 Å². The van der Waals surface area contributed by atoms with Crippen LogP contribution >= 0.6 is 0 Å². The molecule has 2 aromatic rings. The van der Waals surface area contributed by atoms with Gasteiger partial charge in [0.2, 0.25) is 5.91 Å². The Morgan fingerprint density at radius 2 is 1.94 bits per heavy atom. The summed E-state index contributed by atoms with van der Waals surface area (Å²) in [5.41, 5.74) is 2.19. The molecule has 1 aromatic heterocycles. The van der Waals surface area contributed by atoms with Gasteiger partial charge < -0.3 is 15.0 Å². The van der Waals surface area contributed by atoms with Crippen molar-refractivity contribution >= 4 is 22.6 Å². The fourth-order valence-electron chi connectivity index (χ4n) is 3.92. The van der Waals surface area contributed by atoms with Gasteiger partial charge in [0, 0.05) is 0 Å². The van der Waals surface area contributed by atoms with Gasteiger partial charge in [0.15, 0.2) is 5.78 Å². The quantitative estimate of drug-likeness (QED) is 0.342. The van der Waals surface area contributed by atoms with Crippen molar-refractivity contribution < 1.29 is 24.4 Å². The molecule has 1 aromatic carbocycles. The summed E-state index contributed by atoms with van der Waals surface area (Å²) in [7, 11) is 0. The molecule has 0 saturated heterocycles. The number of aromatic amines is 1. The van der Waals surface area contributed by atoms with Gasteiger partial charge in [-0.1, -0.05) is 46.3 Å². The van der Waals surface area contributed by atoms with Crippen LogP contribution in [0.4, 0.5) is 0 Å². The lowest BCUT2D eigenvalue weighted by Crippen LogP contribution is -2.52. The Hall–Kier alpha value is -2.66. The lowest BCUT2D eigenvalue weighted by atomic mass is 9.83. The molecule has 10 heteroatoms. The van der Waals surface area contributed by atoms with Gasteiger partial charge in [0.1, 0.15) is 0 Å². The summed E-state index contributed by atoms with van der Waals surface area (Å²) >= 11 is 0. The van der Waals surface area contributed by atoms with E-state index in [9.17, 15) is 14.4 Å². The predicted octanol–water partition coefficient (Wildman–Crippen LogP) is 2.50. The van der Waals surface area contributed by atoms with Crippen molar-refractivity contribution in [2.24, 2.45) is 17.3 Å². The Balaban J connectivity index is 2.27. The molecule has 188 valence electrons. The Labute approximate surface area is 199 Å². The van der Waals surface area contributed by atoms with E-state index in [1.807, 2.05) is 34.6 Å². The number of ether oxygens (including phenoxy) is 1. The summed E-state index contributed by atoms with van der Waals surface area (Å²) in [5, 5.41) is 12.3. The summed E-state index contributed by atoms with van der Waals surface area (Å²) < 4.78 is 6.08. The maximum absolute atomic E-state index is 13.3. The van der Waals surface area contributed by atoms with Crippen LogP contribution in [0.3, 0.4) is 0 Å². The Bertz CT molecular complexity index is 1030. The molecule has 0 spiro atoms. The van der Waals surface area contributed by atoms with Crippen LogP contribution in [0, 0.1) is 17.3 Å². The second kappa shape index (κ2) is 12.2. The van der Waals surface area contributed by atoms with E-state index in [0.717, 1.165) is 0 Å². The molecule has 10 nitrogen and oxygen atoms in total. The molecule has 34 heavy (non-hydrogen) atoms. The molecule has 2 rings (SSSR count). The van der Waals surface area contributed by atoms with Crippen LogP contribution in [-0.2, 0) is 25.8 Å². The molecule has 1 unspecified atom stereocenters. The van der Waals surface area contributed by atoms with E-state index >= 15 is 0 Å². The van der Waals surface area contributed by atoms with E-state index in [4.69, 9.17) is 14.8 Å². The second-order valence-corrected chi connectivity index (χ2v) is 9.99. The highest BCUT2D eigenvalue weighted by Gasteiger charge is 2.36. The molecule has 0 aliphatic carbocycles. The van der Waals surface area contributed by atoms with Crippen molar-refractivity contribution in [2.75, 3.05) is 6.61 Å². The highest BCUT2D eigenvalue weighted by atomic mass is 16.8. The number of nitrogens with zero attached hydrogens (tertiary/aromatic N) is 1. The zero-order valence-corrected chi connectivity index (χ0v) is 20.7. The van der Waals surface area contributed by atoms with Crippen molar-refractivity contribution in [3.63, 3.8) is 0 Å². The average molecular weight is 477 g/mol. The van der Waals surface area contributed by atoms with Crippen LogP contribution in [0.5, 0.6) is 0 Å². The first kappa shape index (κ1) is 27.6. The van der Waals surface area contributed by atoms with Crippen molar-refractivity contribution in [1.29, 1.82) is 0 Å². The number of carbonyl (C=O) groups is 2. The van der Waals surface area contributed by atoms with E-state index in [0.29, 0.717) is 22.9 Å². The smallest absolute Gasteiger partial charge is 0.258 e. The standard InChI is InChI=1S/C24H36N4O6/c1-14(2)9-18(23(31)27-21(15(3)29)24(4,5)6)20(12-34-28-32)33-11-16-7-8-19-17(10-16)22(30)26-13-25-19/h7-8,10,13-14,18,20-21,28,32H,9,11-12H2,1-6H3,(H,27,31)(H,25,26,30)/t18-,20?,21-/m1/s1. The van der Waals surface area contributed by atoms with Crippen molar-refractivity contribution in [2.45, 2.75) is 66.7 Å².